The lowest BCUT2D eigenvalue weighted by molar-refractivity contribution is 0.102. The highest BCUT2D eigenvalue weighted by Crippen LogP contribution is 2.27. The molecule has 0 atom stereocenters. The van der Waals surface area contributed by atoms with Crippen LogP contribution in [0.3, 0.4) is 0 Å². The largest absolute Gasteiger partial charge is 0.322 e. The number of carbonyl (C=O) groups excluding carboxylic acids is 1. The van der Waals surface area contributed by atoms with E-state index in [9.17, 15) is 21.6 Å². The first-order valence-corrected chi connectivity index (χ1v) is 14.5. The summed E-state index contributed by atoms with van der Waals surface area (Å²) in [4.78, 5) is 13.3. The molecule has 1 aliphatic heterocycles. The Morgan fingerprint density at radius 3 is 2.09 bits per heavy atom. The lowest BCUT2D eigenvalue weighted by Gasteiger charge is -2.25. The van der Waals surface area contributed by atoms with E-state index in [1.54, 1.807) is 24.3 Å². The van der Waals surface area contributed by atoms with Gasteiger partial charge in [-0.1, -0.05) is 42.5 Å². The Hall–Kier alpha value is -3.21. The number of amides is 1. The Bertz CT molecular complexity index is 1400. The summed E-state index contributed by atoms with van der Waals surface area (Å²) >= 11 is 0. The van der Waals surface area contributed by atoms with Crippen LogP contribution in [0.15, 0.2) is 83.8 Å². The van der Waals surface area contributed by atoms with Gasteiger partial charge >= 0.3 is 0 Å². The van der Waals surface area contributed by atoms with Crippen molar-refractivity contribution in [1.29, 1.82) is 0 Å². The molecule has 1 fully saturated rings. The maximum absolute atomic E-state index is 13.2. The number of sulfonamides is 2. The van der Waals surface area contributed by atoms with Crippen LogP contribution in [0.5, 0.6) is 0 Å². The number of carbonyl (C=O) groups is 1. The van der Waals surface area contributed by atoms with Crippen LogP contribution in [-0.4, -0.2) is 46.4 Å². The second kappa shape index (κ2) is 10.2. The van der Waals surface area contributed by atoms with Gasteiger partial charge in [-0.05, 0) is 54.8 Å². The molecular weight excluding hydrogens is 486 g/mol. The first-order chi connectivity index (χ1) is 16.7. The fraction of sp³-hybridized carbons (Fsp3) is 0.240. The number of para-hydroxylation sites is 1. The standard InChI is InChI=1S/C25H27N3O5S2/c1-34(30,31)28(19-20-9-3-2-4-10-20)24-12-6-5-11-23(24)25(29)26-21-13-15-22(16-14-21)35(32,33)27-17-7-8-18-27/h2-6,9-16H,7-8,17-19H2,1H3,(H,26,29). The number of rotatable bonds is 8. The van der Waals surface area contributed by atoms with Gasteiger partial charge in [-0.2, -0.15) is 4.31 Å². The zero-order chi connectivity index (χ0) is 25.1. The van der Waals surface area contributed by atoms with E-state index in [4.69, 9.17) is 0 Å². The van der Waals surface area contributed by atoms with E-state index >= 15 is 0 Å². The molecule has 1 amide bonds. The van der Waals surface area contributed by atoms with Crippen molar-refractivity contribution in [2.24, 2.45) is 0 Å². The minimum atomic E-state index is -3.69. The Morgan fingerprint density at radius 2 is 1.46 bits per heavy atom. The third kappa shape index (κ3) is 5.72. The smallest absolute Gasteiger partial charge is 0.257 e. The molecule has 0 aliphatic carbocycles. The highest BCUT2D eigenvalue weighted by molar-refractivity contribution is 7.92. The average molecular weight is 514 g/mol. The topological polar surface area (TPSA) is 104 Å². The molecule has 1 aliphatic rings. The molecule has 0 bridgehead atoms. The molecule has 1 heterocycles. The summed E-state index contributed by atoms with van der Waals surface area (Å²) in [7, 11) is -7.25. The van der Waals surface area contributed by atoms with E-state index in [0.717, 1.165) is 24.7 Å². The molecule has 0 saturated carbocycles. The zero-order valence-corrected chi connectivity index (χ0v) is 20.9. The number of anilines is 2. The first kappa shape index (κ1) is 24.9. The molecule has 3 aromatic rings. The number of hydrogen-bond acceptors (Lipinski definition) is 5. The van der Waals surface area contributed by atoms with Crippen molar-refractivity contribution in [2.75, 3.05) is 29.0 Å². The lowest BCUT2D eigenvalue weighted by Crippen LogP contribution is -2.31. The van der Waals surface area contributed by atoms with Crippen LogP contribution in [0.2, 0.25) is 0 Å². The van der Waals surface area contributed by atoms with Crippen LogP contribution in [0.1, 0.15) is 28.8 Å². The number of nitrogens with zero attached hydrogens (tertiary/aromatic N) is 2. The third-order valence-electron chi connectivity index (χ3n) is 5.80. The number of benzene rings is 3. The Morgan fingerprint density at radius 1 is 0.857 bits per heavy atom. The van der Waals surface area contributed by atoms with Gasteiger partial charge in [0.05, 0.1) is 28.9 Å². The van der Waals surface area contributed by atoms with Gasteiger partial charge in [0.2, 0.25) is 20.0 Å². The predicted molar refractivity (Wildman–Crippen MR) is 136 cm³/mol. The number of hydrogen-bond donors (Lipinski definition) is 1. The van der Waals surface area contributed by atoms with Crippen molar-refractivity contribution in [3.63, 3.8) is 0 Å². The molecule has 35 heavy (non-hydrogen) atoms. The highest BCUT2D eigenvalue weighted by Gasteiger charge is 2.27. The molecule has 4 rings (SSSR count). The summed E-state index contributed by atoms with van der Waals surface area (Å²) in [6.07, 6.45) is 2.80. The van der Waals surface area contributed by atoms with Gasteiger partial charge in [0.15, 0.2) is 0 Å². The lowest BCUT2D eigenvalue weighted by atomic mass is 10.1. The van der Waals surface area contributed by atoms with Crippen molar-refractivity contribution < 1.29 is 21.6 Å². The van der Waals surface area contributed by atoms with Crippen molar-refractivity contribution >= 4 is 37.3 Å². The van der Waals surface area contributed by atoms with Gasteiger partial charge in [0.25, 0.3) is 5.91 Å². The van der Waals surface area contributed by atoms with Crippen molar-refractivity contribution in [3.8, 4) is 0 Å². The van der Waals surface area contributed by atoms with Crippen LogP contribution in [0, 0.1) is 0 Å². The highest BCUT2D eigenvalue weighted by atomic mass is 32.2. The van der Waals surface area contributed by atoms with E-state index in [0.29, 0.717) is 18.8 Å². The van der Waals surface area contributed by atoms with E-state index < -0.39 is 26.0 Å². The van der Waals surface area contributed by atoms with Crippen LogP contribution < -0.4 is 9.62 Å². The summed E-state index contributed by atoms with van der Waals surface area (Å²) in [5, 5.41) is 2.75. The van der Waals surface area contributed by atoms with Crippen molar-refractivity contribution in [3.05, 3.63) is 90.0 Å². The fourth-order valence-corrected chi connectivity index (χ4v) is 6.42. The predicted octanol–water partition coefficient (Wildman–Crippen LogP) is 3.69. The maximum atomic E-state index is 13.2. The molecule has 0 unspecified atom stereocenters. The quantitative estimate of drug-likeness (QED) is 0.495. The van der Waals surface area contributed by atoms with Crippen LogP contribution in [0.25, 0.3) is 0 Å². The molecule has 0 aromatic heterocycles. The van der Waals surface area contributed by atoms with Crippen LogP contribution >= 0.6 is 0 Å². The summed E-state index contributed by atoms with van der Waals surface area (Å²) in [5.74, 6) is -0.502. The monoisotopic (exact) mass is 513 g/mol. The van der Waals surface area contributed by atoms with Gasteiger partial charge in [0, 0.05) is 18.8 Å². The van der Waals surface area contributed by atoms with E-state index in [-0.39, 0.29) is 22.7 Å². The summed E-state index contributed by atoms with van der Waals surface area (Å²) < 4.78 is 53.4. The van der Waals surface area contributed by atoms with Crippen LogP contribution in [0.4, 0.5) is 11.4 Å². The normalized spacial score (nSPS) is 14.5. The second-order valence-electron chi connectivity index (χ2n) is 8.36. The van der Waals surface area contributed by atoms with Crippen molar-refractivity contribution in [2.45, 2.75) is 24.3 Å². The van der Waals surface area contributed by atoms with Gasteiger partial charge < -0.3 is 5.32 Å². The molecular formula is C25H27N3O5S2. The molecule has 8 nitrogen and oxygen atoms in total. The SMILES string of the molecule is CS(=O)(=O)N(Cc1ccccc1)c1ccccc1C(=O)Nc1ccc(S(=O)(=O)N2CCCC2)cc1. The minimum absolute atomic E-state index is 0.0764. The second-order valence-corrected chi connectivity index (χ2v) is 12.2. The first-order valence-electron chi connectivity index (χ1n) is 11.2. The Labute approximate surface area is 206 Å². The molecule has 0 radical (unpaired) electrons. The van der Waals surface area contributed by atoms with E-state index in [1.807, 2.05) is 30.3 Å². The average Bonchev–Trinajstić information content (AvgIpc) is 3.39. The van der Waals surface area contributed by atoms with E-state index in [1.165, 1.54) is 32.9 Å². The maximum Gasteiger partial charge on any atom is 0.257 e. The Balaban J connectivity index is 1.58. The molecule has 0 spiro atoms. The molecule has 1 N–H and O–H groups in total. The van der Waals surface area contributed by atoms with Gasteiger partial charge in [-0.3, -0.25) is 9.10 Å². The molecule has 184 valence electrons. The third-order valence-corrected chi connectivity index (χ3v) is 8.84. The van der Waals surface area contributed by atoms with E-state index in [2.05, 4.69) is 5.32 Å². The molecule has 10 heteroatoms. The van der Waals surface area contributed by atoms with Gasteiger partial charge in [-0.25, -0.2) is 16.8 Å². The summed E-state index contributed by atoms with van der Waals surface area (Å²) in [6.45, 7) is 1.10. The van der Waals surface area contributed by atoms with Crippen LogP contribution in [-0.2, 0) is 26.6 Å². The number of nitrogens with one attached hydrogen (secondary N) is 1. The summed E-state index contributed by atoms with van der Waals surface area (Å²) in [5.41, 5.74) is 1.62. The minimum Gasteiger partial charge on any atom is -0.322 e. The molecule has 1 saturated heterocycles. The van der Waals surface area contributed by atoms with Gasteiger partial charge in [-0.15, -0.1) is 0 Å². The summed E-state index contributed by atoms with van der Waals surface area (Å²) in [6, 6.07) is 21.6. The van der Waals surface area contributed by atoms with Gasteiger partial charge in [0.1, 0.15) is 0 Å². The molecule has 3 aromatic carbocycles. The Kier molecular flexibility index (Phi) is 7.25. The zero-order valence-electron chi connectivity index (χ0n) is 19.3. The fourth-order valence-electron chi connectivity index (χ4n) is 4.00. The van der Waals surface area contributed by atoms with Crippen molar-refractivity contribution in [1.82, 2.24) is 4.31 Å².